The minimum Gasteiger partial charge on any atom is -0.489 e. The van der Waals surface area contributed by atoms with Crippen molar-refractivity contribution >= 4 is 11.7 Å². The van der Waals surface area contributed by atoms with Crippen LogP contribution in [0.3, 0.4) is 0 Å². The van der Waals surface area contributed by atoms with Crippen molar-refractivity contribution in [3.63, 3.8) is 0 Å². The largest absolute Gasteiger partial charge is 0.489 e. The van der Waals surface area contributed by atoms with Gasteiger partial charge < -0.3 is 20.1 Å². The van der Waals surface area contributed by atoms with Gasteiger partial charge in [-0.15, -0.1) is 15.3 Å². The Balaban J connectivity index is 1.44. The van der Waals surface area contributed by atoms with Crippen LogP contribution in [0.5, 0.6) is 11.6 Å². The number of anilines is 1. The number of aromatic nitrogens is 6. The average molecular weight is 438 g/mol. The van der Waals surface area contributed by atoms with Gasteiger partial charge in [-0.2, -0.15) is 0 Å². The number of hydrogen-bond acceptors (Lipinski definition) is 9. The molecule has 3 aromatic rings. The highest BCUT2D eigenvalue weighted by Gasteiger charge is 2.25. The summed E-state index contributed by atoms with van der Waals surface area (Å²) in [6.45, 7) is 4.06. The summed E-state index contributed by atoms with van der Waals surface area (Å²) in [6.07, 6.45) is 7.37. The van der Waals surface area contributed by atoms with Gasteiger partial charge in [0.05, 0.1) is 19.5 Å². The second-order valence-electron chi connectivity index (χ2n) is 7.60. The van der Waals surface area contributed by atoms with E-state index in [0.717, 1.165) is 48.6 Å². The number of nitrogens with zero attached hydrogens (tertiary/aromatic N) is 7. The molecule has 168 valence electrons. The molecule has 4 rings (SSSR count). The molecule has 11 nitrogen and oxygen atoms in total. The number of piperidine rings is 1. The number of pyridine rings is 1. The number of nitrogens with two attached hydrogens (primary N) is 1. The van der Waals surface area contributed by atoms with Crippen molar-refractivity contribution in [2.45, 2.75) is 38.8 Å². The summed E-state index contributed by atoms with van der Waals surface area (Å²) in [5.41, 5.74) is 7.46. The zero-order valence-corrected chi connectivity index (χ0v) is 18.1. The van der Waals surface area contributed by atoms with Crippen LogP contribution in [0.25, 0.3) is 0 Å². The van der Waals surface area contributed by atoms with Gasteiger partial charge >= 0.3 is 0 Å². The first-order chi connectivity index (χ1) is 15.5. The molecule has 4 heterocycles. The minimum absolute atomic E-state index is 0.0892. The first-order valence-electron chi connectivity index (χ1n) is 10.5. The van der Waals surface area contributed by atoms with Gasteiger partial charge in [-0.3, -0.25) is 9.48 Å². The van der Waals surface area contributed by atoms with Crippen molar-refractivity contribution in [2.24, 2.45) is 5.73 Å². The second-order valence-corrected chi connectivity index (χ2v) is 7.60. The maximum Gasteiger partial charge on any atom is 0.269 e. The summed E-state index contributed by atoms with van der Waals surface area (Å²) >= 11 is 0. The van der Waals surface area contributed by atoms with E-state index in [-0.39, 0.29) is 11.8 Å². The van der Waals surface area contributed by atoms with E-state index in [1.807, 2.05) is 13.0 Å². The number of carbonyl (C=O) groups is 1. The molecule has 2 N–H and O–H groups in total. The first kappa shape index (κ1) is 21.5. The predicted octanol–water partition coefficient (Wildman–Crippen LogP) is 1.17. The Morgan fingerprint density at radius 2 is 2.06 bits per heavy atom. The maximum absolute atomic E-state index is 11.9. The Kier molecular flexibility index (Phi) is 6.43. The number of methoxy groups -OCH3 is 1. The Morgan fingerprint density at radius 1 is 1.25 bits per heavy atom. The SMILES string of the molecule is COc1ccc(OC2CCN(c3nnc(C(N)=O)c(CCn4ccnn4)c3C)CC2)cn1. The van der Waals surface area contributed by atoms with Crippen molar-refractivity contribution in [1.82, 2.24) is 30.2 Å². The standard InChI is InChI=1S/C21H26N8O3/c1-14-17(7-11-29-12-8-24-27-29)19(20(22)30)25-26-21(14)28-9-5-15(6-10-28)32-16-3-4-18(31-2)23-13-16/h3-4,8,12-13,15H,5-7,9-11H2,1-2H3,(H2,22,30). The van der Waals surface area contributed by atoms with E-state index in [2.05, 4.69) is 30.4 Å². The molecular weight excluding hydrogens is 412 g/mol. The normalized spacial score (nSPS) is 14.4. The van der Waals surface area contributed by atoms with Crippen molar-refractivity contribution in [2.75, 3.05) is 25.1 Å². The predicted molar refractivity (Wildman–Crippen MR) is 116 cm³/mol. The lowest BCUT2D eigenvalue weighted by Crippen LogP contribution is -2.39. The summed E-state index contributed by atoms with van der Waals surface area (Å²) in [5, 5.41) is 16.3. The number of aryl methyl sites for hydroxylation is 1. The lowest BCUT2D eigenvalue weighted by molar-refractivity contribution is 0.0993. The van der Waals surface area contributed by atoms with Gasteiger partial charge in [0.25, 0.3) is 5.91 Å². The molecule has 1 aliphatic heterocycles. The maximum atomic E-state index is 11.9. The molecule has 0 radical (unpaired) electrons. The van der Waals surface area contributed by atoms with Gasteiger partial charge in [-0.1, -0.05) is 5.21 Å². The quantitative estimate of drug-likeness (QED) is 0.550. The van der Waals surface area contributed by atoms with Gasteiger partial charge in [-0.05, 0) is 30.5 Å². The van der Waals surface area contributed by atoms with Gasteiger partial charge in [-0.25, -0.2) is 4.98 Å². The highest BCUT2D eigenvalue weighted by atomic mass is 16.5. The van der Waals surface area contributed by atoms with E-state index >= 15 is 0 Å². The molecule has 0 bridgehead atoms. The van der Waals surface area contributed by atoms with Gasteiger partial charge in [0.2, 0.25) is 5.88 Å². The molecule has 1 amide bonds. The van der Waals surface area contributed by atoms with Crippen LogP contribution in [0.2, 0.25) is 0 Å². The topological polar surface area (TPSA) is 134 Å². The summed E-state index contributed by atoms with van der Waals surface area (Å²) in [7, 11) is 1.58. The summed E-state index contributed by atoms with van der Waals surface area (Å²) in [6, 6.07) is 3.64. The van der Waals surface area contributed by atoms with Crippen LogP contribution < -0.4 is 20.1 Å². The second kappa shape index (κ2) is 9.58. The molecule has 0 atom stereocenters. The number of hydrogen-bond donors (Lipinski definition) is 1. The van der Waals surface area contributed by atoms with Crippen LogP contribution in [0.4, 0.5) is 5.82 Å². The zero-order chi connectivity index (χ0) is 22.5. The summed E-state index contributed by atoms with van der Waals surface area (Å²) in [4.78, 5) is 18.3. The van der Waals surface area contributed by atoms with E-state index in [4.69, 9.17) is 15.2 Å². The number of carbonyl (C=O) groups excluding carboxylic acids is 1. The summed E-state index contributed by atoms with van der Waals surface area (Å²) < 4.78 is 12.9. The lowest BCUT2D eigenvalue weighted by Gasteiger charge is -2.33. The fraction of sp³-hybridized carbons (Fsp3) is 0.429. The highest BCUT2D eigenvalue weighted by Crippen LogP contribution is 2.27. The first-order valence-corrected chi connectivity index (χ1v) is 10.5. The molecule has 1 fully saturated rings. The number of primary amides is 1. The number of ether oxygens (including phenoxy) is 2. The molecule has 1 saturated heterocycles. The van der Waals surface area contributed by atoms with Crippen LogP contribution in [0.1, 0.15) is 34.5 Å². The number of rotatable bonds is 8. The van der Waals surface area contributed by atoms with Gasteiger partial charge in [0, 0.05) is 44.7 Å². The minimum atomic E-state index is -0.582. The van der Waals surface area contributed by atoms with Crippen molar-refractivity contribution in [1.29, 1.82) is 0 Å². The van der Waals surface area contributed by atoms with Crippen LogP contribution >= 0.6 is 0 Å². The highest BCUT2D eigenvalue weighted by molar-refractivity contribution is 5.92. The monoisotopic (exact) mass is 438 g/mol. The molecule has 32 heavy (non-hydrogen) atoms. The van der Waals surface area contributed by atoms with Crippen molar-refractivity contribution in [3.8, 4) is 11.6 Å². The van der Waals surface area contributed by atoms with Crippen LogP contribution in [0.15, 0.2) is 30.7 Å². The van der Waals surface area contributed by atoms with E-state index in [1.54, 1.807) is 36.4 Å². The molecule has 0 aromatic carbocycles. The summed E-state index contributed by atoms with van der Waals surface area (Å²) in [5.74, 6) is 1.47. The average Bonchev–Trinajstić information content (AvgIpc) is 3.33. The molecular formula is C21H26N8O3. The molecule has 0 unspecified atom stereocenters. The molecule has 0 aliphatic carbocycles. The molecule has 1 aliphatic rings. The Hall–Kier alpha value is -3.76. The van der Waals surface area contributed by atoms with Crippen LogP contribution in [-0.2, 0) is 13.0 Å². The van der Waals surface area contributed by atoms with Gasteiger partial charge in [0.1, 0.15) is 11.9 Å². The number of amides is 1. The smallest absolute Gasteiger partial charge is 0.269 e. The fourth-order valence-corrected chi connectivity index (χ4v) is 3.86. The van der Waals surface area contributed by atoms with E-state index in [1.165, 1.54) is 0 Å². The van der Waals surface area contributed by atoms with Gasteiger partial charge in [0.15, 0.2) is 11.5 Å². The molecule has 0 spiro atoms. The van der Waals surface area contributed by atoms with Crippen LogP contribution in [0, 0.1) is 6.92 Å². The third-order valence-electron chi connectivity index (χ3n) is 5.58. The molecule has 11 heteroatoms. The molecule has 0 saturated carbocycles. The Morgan fingerprint density at radius 3 is 2.69 bits per heavy atom. The Bertz CT molecular complexity index is 1050. The van der Waals surface area contributed by atoms with Crippen LogP contribution in [-0.4, -0.2) is 62.4 Å². The van der Waals surface area contributed by atoms with E-state index in [0.29, 0.717) is 18.8 Å². The van der Waals surface area contributed by atoms with Crippen molar-refractivity contribution < 1.29 is 14.3 Å². The lowest BCUT2D eigenvalue weighted by atomic mass is 10.0. The zero-order valence-electron chi connectivity index (χ0n) is 18.1. The van der Waals surface area contributed by atoms with E-state index in [9.17, 15) is 4.79 Å². The fourth-order valence-electron chi connectivity index (χ4n) is 3.86. The third-order valence-corrected chi connectivity index (χ3v) is 5.58. The Labute approximate surface area is 185 Å². The van der Waals surface area contributed by atoms with Crippen molar-refractivity contribution in [3.05, 3.63) is 47.5 Å². The third kappa shape index (κ3) is 4.76. The molecule has 3 aromatic heterocycles. The van der Waals surface area contributed by atoms with E-state index < -0.39 is 5.91 Å².